The summed E-state index contributed by atoms with van der Waals surface area (Å²) < 4.78 is 0. The third-order valence-corrected chi connectivity index (χ3v) is 1.97. The molecule has 1 heterocycles. The van der Waals surface area contributed by atoms with Gasteiger partial charge in [0.25, 0.3) is 0 Å². The highest BCUT2D eigenvalue weighted by Crippen LogP contribution is 2.07. The molecule has 1 aliphatic heterocycles. The van der Waals surface area contributed by atoms with Gasteiger partial charge in [-0.05, 0) is 19.8 Å². The molecule has 1 aliphatic rings. The summed E-state index contributed by atoms with van der Waals surface area (Å²) in [6.07, 6.45) is 1.69. The molecule has 0 aromatic heterocycles. The van der Waals surface area contributed by atoms with E-state index >= 15 is 0 Å². The zero-order valence-electron chi connectivity index (χ0n) is 6.59. The van der Waals surface area contributed by atoms with Crippen molar-refractivity contribution in [3.8, 4) is 0 Å². The van der Waals surface area contributed by atoms with Crippen molar-refractivity contribution in [1.82, 2.24) is 10.6 Å². The van der Waals surface area contributed by atoms with E-state index < -0.39 is 6.35 Å². The highest BCUT2D eigenvalue weighted by Gasteiger charge is 2.21. The van der Waals surface area contributed by atoms with Gasteiger partial charge >= 0.3 is 0 Å². The van der Waals surface area contributed by atoms with Crippen LogP contribution >= 0.6 is 0 Å². The molecule has 3 unspecified atom stereocenters. The molecule has 3 atom stereocenters. The van der Waals surface area contributed by atoms with Crippen LogP contribution in [0.15, 0.2) is 0 Å². The fourth-order valence-electron chi connectivity index (χ4n) is 1.39. The van der Waals surface area contributed by atoms with Gasteiger partial charge in [-0.1, -0.05) is 6.92 Å². The van der Waals surface area contributed by atoms with Crippen LogP contribution in [0, 0.1) is 0 Å². The van der Waals surface area contributed by atoms with Crippen molar-refractivity contribution in [3.05, 3.63) is 0 Å². The van der Waals surface area contributed by atoms with Crippen molar-refractivity contribution in [3.63, 3.8) is 0 Å². The minimum atomic E-state index is -0.506. The van der Waals surface area contributed by atoms with E-state index in [0.29, 0.717) is 12.1 Å². The topological polar surface area (TPSA) is 44.3 Å². The Morgan fingerprint density at radius 1 is 1.50 bits per heavy atom. The van der Waals surface area contributed by atoms with Crippen LogP contribution in [0.5, 0.6) is 0 Å². The standard InChI is InChI=1S/C7H16N2O/c1-3-6-4-5(2)8-7(10)9-6/h5-10H,3-4H2,1-2H3. The van der Waals surface area contributed by atoms with E-state index in [9.17, 15) is 0 Å². The summed E-state index contributed by atoms with van der Waals surface area (Å²) in [6.45, 7) is 4.22. The van der Waals surface area contributed by atoms with E-state index in [-0.39, 0.29) is 0 Å². The summed E-state index contributed by atoms with van der Waals surface area (Å²) in [4.78, 5) is 0. The van der Waals surface area contributed by atoms with Gasteiger partial charge in [0.05, 0.1) is 0 Å². The second kappa shape index (κ2) is 3.32. The molecule has 0 saturated carbocycles. The normalized spacial score (nSPS) is 41.7. The summed E-state index contributed by atoms with van der Waals surface area (Å²) in [5, 5.41) is 15.2. The molecule has 0 aliphatic carbocycles. The van der Waals surface area contributed by atoms with Crippen LogP contribution < -0.4 is 10.6 Å². The van der Waals surface area contributed by atoms with Crippen molar-refractivity contribution in [2.75, 3.05) is 0 Å². The Balaban J connectivity index is 2.35. The van der Waals surface area contributed by atoms with Gasteiger partial charge in [0.1, 0.15) is 0 Å². The summed E-state index contributed by atoms with van der Waals surface area (Å²) >= 11 is 0. The Morgan fingerprint density at radius 2 is 2.20 bits per heavy atom. The monoisotopic (exact) mass is 144 g/mol. The van der Waals surface area contributed by atoms with Gasteiger partial charge in [0, 0.05) is 12.1 Å². The number of hydrogen-bond donors (Lipinski definition) is 3. The van der Waals surface area contributed by atoms with Crippen LogP contribution in [0.3, 0.4) is 0 Å². The first-order chi connectivity index (χ1) is 4.72. The number of aliphatic hydroxyl groups is 1. The van der Waals surface area contributed by atoms with Crippen LogP contribution in [0.2, 0.25) is 0 Å². The minimum Gasteiger partial charge on any atom is -0.365 e. The Kier molecular flexibility index (Phi) is 2.65. The van der Waals surface area contributed by atoms with Gasteiger partial charge in [0.2, 0.25) is 0 Å². The van der Waals surface area contributed by atoms with Gasteiger partial charge in [-0.15, -0.1) is 0 Å². The first-order valence-corrected chi connectivity index (χ1v) is 3.92. The molecule has 3 nitrogen and oxygen atoms in total. The van der Waals surface area contributed by atoms with Crippen LogP contribution in [0.4, 0.5) is 0 Å². The molecule has 0 aromatic rings. The third kappa shape index (κ3) is 1.94. The molecular formula is C7H16N2O. The Hall–Kier alpha value is -0.120. The lowest BCUT2D eigenvalue weighted by molar-refractivity contribution is 0.0461. The van der Waals surface area contributed by atoms with Crippen LogP contribution in [-0.2, 0) is 0 Å². The van der Waals surface area contributed by atoms with Crippen molar-refractivity contribution in [1.29, 1.82) is 0 Å². The molecule has 60 valence electrons. The highest BCUT2D eigenvalue weighted by atomic mass is 16.3. The molecule has 10 heavy (non-hydrogen) atoms. The third-order valence-electron chi connectivity index (χ3n) is 1.97. The maximum Gasteiger partial charge on any atom is 0.160 e. The van der Waals surface area contributed by atoms with Crippen molar-refractivity contribution < 1.29 is 5.11 Å². The lowest BCUT2D eigenvalue weighted by atomic mass is 10.0. The second-order valence-corrected chi connectivity index (χ2v) is 2.98. The Labute approximate surface area is 61.8 Å². The predicted octanol–water partition coefficient (Wildman–Crippen LogP) is 0.0123. The number of rotatable bonds is 1. The van der Waals surface area contributed by atoms with Crippen molar-refractivity contribution >= 4 is 0 Å². The van der Waals surface area contributed by atoms with E-state index in [4.69, 9.17) is 5.11 Å². The maximum atomic E-state index is 9.16. The largest absolute Gasteiger partial charge is 0.365 e. The molecule has 0 spiro atoms. The van der Waals surface area contributed by atoms with Crippen molar-refractivity contribution in [2.45, 2.75) is 45.1 Å². The smallest absolute Gasteiger partial charge is 0.160 e. The Bertz CT molecular complexity index is 97.8. The molecule has 0 bridgehead atoms. The van der Waals surface area contributed by atoms with Gasteiger partial charge in [-0.2, -0.15) is 0 Å². The SMILES string of the molecule is CCC1CC(C)NC(O)N1. The average molecular weight is 144 g/mol. The van der Waals surface area contributed by atoms with Crippen LogP contribution in [0.25, 0.3) is 0 Å². The molecule has 1 fully saturated rings. The zero-order valence-corrected chi connectivity index (χ0v) is 6.59. The lowest BCUT2D eigenvalue weighted by Crippen LogP contribution is -2.57. The molecule has 3 heteroatoms. The van der Waals surface area contributed by atoms with Crippen LogP contribution in [0.1, 0.15) is 26.7 Å². The molecule has 1 rings (SSSR count). The lowest BCUT2D eigenvalue weighted by Gasteiger charge is -2.32. The minimum absolute atomic E-state index is 0.432. The average Bonchev–Trinajstić information content (AvgIpc) is 1.85. The maximum absolute atomic E-state index is 9.16. The van der Waals surface area contributed by atoms with E-state index in [0.717, 1.165) is 12.8 Å². The number of hydrogen-bond acceptors (Lipinski definition) is 3. The highest BCUT2D eigenvalue weighted by molar-refractivity contribution is 4.78. The summed E-state index contributed by atoms with van der Waals surface area (Å²) in [5.41, 5.74) is 0. The summed E-state index contributed by atoms with van der Waals surface area (Å²) in [7, 11) is 0. The van der Waals surface area contributed by atoms with E-state index in [1.807, 2.05) is 0 Å². The second-order valence-electron chi connectivity index (χ2n) is 2.98. The molecule has 3 N–H and O–H groups in total. The predicted molar refractivity (Wildman–Crippen MR) is 40.4 cm³/mol. The van der Waals surface area contributed by atoms with Crippen LogP contribution in [-0.4, -0.2) is 23.5 Å². The molecule has 0 radical (unpaired) electrons. The number of nitrogens with one attached hydrogen (secondary N) is 2. The molecule has 0 amide bonds. The summed E-state index contributed by atoms with van der Waals surface area (Å²) in [6, 6.07) is 0.910. The Morgan fingerprint density at radius 3 is 2.70 bits per heavy atom. The molecule has 1 saturated heterocycles. The molecular weight excluding hydrogens is 128 g/mol. The molecule has 0 aromatic carbocycles. The first-order valence-electron chi connectivity index (χ1n) is 3.92. The fourth-order valence-corrected chi connectivity index (χ4v) is 1.39. The van der Waals surface area contributed by atoms with Gasteiger partial charge in [0.15, 0.2) is 6.35 Å². The summed E-state index contributed by atoms with van der Waals surface area (Å²) in [5.74, 6) is 0. The van der Waals surface area contributed by atoms with Gasteiger partial charge in [-0.25, -0.2) is 0 Å². The first kappa shape index (κ1) is 7.98. The van der Waals surface area contributed by atoms with E-state index in [1.165, 1.54) is 0 Å². The van der Waals surface area contributed by atoms with E-state index in [2.05, 4.69) is 24.5 Å². The zero-order chi connectivity index (χ0) is 7.56. The number of aliphatic hydroxyl groups excluding tert-OH is 1. The van der Waals surface area contributed by atoms with E-state index in [1.54, 1.807) is 0 Å². The van der Waals surface area contributed by atoms with Crippen molar-refractivity contribution in [2.24, 2.45) is 0 Å². The quantitative estimate of drug-likeness (QED) is 0.486. The van der Waals surface area contributed by atoms with Gasteiger partial charge < -0.3 is 5.11 Å². The van der Waals surface area contributed by atoms with Gasteiger partial charge in [-0.3, -0.25) is 10.6 Å². The fraction of sp³-hybridized carbons (Fsp3) is 1.00.